The number of benzene rings is 1. The van der Waals surface area contributed by atoms with E-state index in [-0.39, 0.29) is 11.7 Å². The van der Waals surface area contributed by atoms with Gasteiger partial charge in [-0.2, -0.15) is 0 Å². The molecule has 2 heteroatoms. The summed E-state index contributed by atoms with van der Waals surface area (Å²) < 4.78 is 0. The first-order valence-corrected chi connectivity index (χ1v) is 5.15. The summed E-state index contributed by atoms with van der Waals surface area (Å²) in [6, 6.07) is 7.90. The lowest BCUT2D eigenvalue weighted by atomic mass is 9.97. The van der Waals surface area contributed by atoms with Crippen LogP contribution >= 0.6 is 0 Å². The SMILES string of the molecule is Cc1ccc(CC(=O)[C@@H](C)CC=O)cc1. The molecule has 1 aromatic carbocycles. The van der Waals surface area contributed by atoms with Gasteiger partial charge in [-0.15, -0.1) is 0 Å². The third kappa shape index (κ3) is 3.66. The van der Waals surface area contributed by atoms with Crippen LogP contribution in [0, 0.1) is 12.8 Å². The predicted molar refractivity (Wildman–Crippen MR) is 59.7 cm³/mol. The number of Topliss-reactive ketones (excluding diaryl/α,β-unsaturated/α-hetero) is 1. The first-order valence-electron chi connectivity index (χ1n) is 5.15. The maximum Gasteiger partial charge on any atom is 0.140 e. The minimum Gasteiger partial charge on any atom is -0.303 e. The topological polar surface area (TPSA) is 34.1 Å². The molecule has 0 aromatic heterocycles. The van der Waals surface area contributed by atoms with Crippen molar-refractivity contribution in [2.24, 2.45) is 5.92 Å². The Bertz CT molecular complexity index is 338. The van der Waals surface area contributed by atoms with Crippen molar-refractivity contribution in [3.63, 3.8) is 0 Å². The minimum atomic E-state index is -0.163. The molecule has 0 spiro atoms. The second kappa shape index (κ2) is 5.44. The van der Waals surface area contributed by atoms with Crippen LogP contribution in [0.15, 0.2) is 24.3 Å². The van der Waals surface area contributed by atoms with E-state index in [0.717, 1.165) is 11.8 Å². The molecule has 0 unspecified atom stereocenters. The average Bonchev–Trinajstić information content (AvgIpc) is 2.22. The highest BCUT2D eigenvalue weighted by molar-refractivity contribution is 5.84. The summed E-state index contributed by atoms with van der Waals surface area (Å²) in [7, 11) is 0. The van der Waals surface area contributed by atoms with Crippen LogP contribution in [-0.2, 0) is 16.0 Å². The van der Waals surface area contributed by atoms with Gasteiger partial charge >= 0.3 is 0 Å². The van der Waals surface area contributed by atoms with Crippen molar-refractivity contribution >= 4 is 12.1 Å². The molecule has 1 rings (SSSR count). The molecule has 1 atom stereocenters. The summed E-state index contributed by atoms with van der Waals surface area (Å²) in [6.45, 7) is 3.81. The number of hydrogen-bond donors (Lipinski definition) is 0. The van der Waals surface area contributed by atoms with E-state index < -0.39 is 0 Å². The van der Waals surface area contributed by atoms with Crippen LogP contribution in [0.5, 0.6) is 0 Å². The van der Waals surface area contributed by atoms with Crippen molar-refractivity contribution in [3.8, 4) is 0 Å². The zero-order valence-electron chi connectivity index (χ0n) is 9.19. The van der Waals surface area contributed by atoms with Gasteiger partial charge in [0, 0.05) is 18.8 Å². The molecule has 15 heavy (non-hydrogen) atoms. The zero-order valence-corrected chi connectivity index (χ0v) is 9.19. The fraction of sp³-hybridized carbons (Fsp3) is 0.385. The molecule has 0 fully saturated rings. The van der Waals surface area contributed by atoms with Crippen LogP contribution < -0.4 is 0 Å². The van der Waals surface area contributed by atoms with E-state index in [1.54, 1.807) is 6.92 Å². The molecular weight excluding hydrogens is 188 g/mol. The van der Waals surface area contributed by atoms with E-state index in [2.05, 4.69) is 0 Å². The van der Waals surface area contributed by atoms with Crippen LogP contribution in [0.2, 0.25) is 0 Å². The van der Waals surface area contributed by atoms with E-state index in [9.17, 15) is 9.59 Å². The molecule has 0 aliphatic heterocycles. The Kier molecular flexibility index (Phi) is 4.22. The van der Waals surface area contributed by atoms with Gasteiger partial charge in [-0.05, 0) is 12.5 Å². The third-order valence-electron chi connectivity index (χ3n) is 2.50. The summed E-state index contributed by atoms with van der Waals surface area (Å²) in [6.07, 6.45) is 1.55. The van der Waals surface area contributed by atoms with Crippen molar-refractivity contribution in [1.82, 2.24) is 0 Å². The molecule has 0 N–H and O–H groups in total. The molecule has 0 aliphatic rings. The Morgan fingerprint density at radius 3 is 2.47 bits per heavy atom. The largest absolute Gasteiger partial charge is 0.303 e. The third-order valence-corrected chi connectivity index (χ3v) is 2.50. The van der Waals surface area contributed by atoms with Crippen LogP contribution in [-0.4, -0.2) is 12.1 Å². The highest BCUT2D eigenvalue weighted by Crippen LogP contribution is 2.09. The predicted octanol–water partition coefficient (Wildman–Crippen LogP) is 2.33. The molecule has 2 nitrogen and oxygen atoms in total. The number of rotatable bonds is 5. The van der Waals surface area contributed by atoms with Gasteiger partial charge in [0.2, 0.25) is 0 Å². The molecule has 1 aromatic rings. The maximum absolute atomic E-state index is 11.6. The molecule has 0 aliphatic carbocycles. The Morgan fingerprint density at radius 1 is 1.33 bits per heavy atom. The molecule has 0 saturated heterocycles. The summed E-state index contributed by atoms with van der Waals surface area (Å²) >= 11 is 0. The Labute approximate surface area is 90.3 Å². The normalized spacial score (nSPS) is 12.1. The standard InChI is InChI=1S/C13H16O2/c1-10-3-5-12(6-4-10)9-13(15)11(2)7-8-14/h3-6,8,11H,7,9H2,1-2H3/t11-/m0/s1. The van der Waals surface area contributed by atoms with Gasteiger partial charge in [0.05, 0.1) is 0 Å². The lowest BCUT2D eigenvalue weighted by molar-refractivity contribution is -0.123. The molecule has 0 radical (unpaired) electrons. The van der Waals surface area contributed by atoms with E-state index >= 15 is 0 Å². The van der Waals surface area contributed by atoms with Crippen LogP contribution in [0.1, 0.15) is 24.5 Å². The summed E-state index contributed by atoms with van der Waals surface area (Å²) in [5.74, 6) is -0.0326. The number of carbonyl (C=O) groups is 2. The Hall–Kier alpha value is -1.44. The quantitative estimate of drug-likeness (QED) is 0.690. The molecule has 0 amide bonds. The monoisotopic (exact) mass is 204 g/mol. The van der Waals surface area contributed by atoms with Gasteiger partial charge in [0.25, 0.3) is 0 Å². The summed E-state index contributed by atoms with van der Waals surface area (Å²) in [4.78, 5) is 21.9. The fourth-order valence-corrected chi connectivity index (χ4v) is 1.36. The van der Waals surface area contributed by atoms with Crippen molar-refractivity contribution in [2.75, 3.05) is 0 Å². The molecular formula is C13H16O2. The van der Waals surface area contributed by atoms with Crippen LogP contribution in [0.25, 0.3) is 0 Å². The second-order valence-corrected chi connectivity index (χ2v) is 3.93. The highest BCUT2D eigenvalue weighted by atomic mass is 16.1. The number of carbonyl (C=O) groups excluding carboxylic acids is 2. The van der Waals surface area contributed by atoms with E-state index in [1.807, 2.05) is 31.2 Å². The van der Waals surface area contributed by atoms with Gasteiger partial charge in [-0.3, -0.25) is 4.79 Å². The van der Waals surface area contributed by atoms with Crippen molar-refractivity contribution in [3.05, 3.63) is 35.4 Å². The summed E-state index contributed by atoms with van der Waals surface area (Å²) in [5, 5.41) is 0. The first kappa shape index (κ1) is 11.6. The molecule has 0 bridgehead atoms. The smallest absolute Gasteiger partial charge is 0.140 e. The fourth-order valence-electron chi connectivity index (χ4n) is 1.36. The Morgan fingerprint density at radius 2 is 1.93 bits per heavy atom. The number of aldehydes is 1. The maximum atomic E-state index is 11.6. The van der Waals surface area contributed by atoms with E-state index in [0.29, 0.717) is 12.8 Å². The van der Waals surface area contributed by atoms with Crippen LogP contribution in [0.4, 0.5) is 0 Å². The van der Waals surface area contributed by atoms with E-state index in [4.69, 9.17) is 0 Å². The van der Waals surface area contributed by atoms with Crippen molar-refractivity contribution in [1.29, 1.82) is 0 Å². The first-order chi connectivity index (χ1) is 7.13. The van der Waals surface area contributed by atoms with Crippen molar-refractivity contribution < 1.29 is 9.59 Å². The van der Waals surface area contributed by atoms with Gasteiger partial charge in [0.15, 0.2) is 0 Å². The number of hydrogen-bond acceptors (Lipinski definition) is 2. The lowest BCUT2D eigenvalue weighted by Crippen LogP contribution is -2.14. The van der Waals surface area contributed by atoms with Gasteiger partial charge < -0.3 is 4.79 Å². The molecule has 0 heterocycles. The van der Waals surface area contributed by atoms with Gasteiger partial charge in [-0.1, -0.05) is 36.8 Å². The number of ketones is 1. The second-order valence-electron chi connectivity index (χ2n) is 3.93. The highest BCUT2D eigenvalue weighted by Gasteiger charge is 2.12. The van der Waals surface area contributed by atoms with E-state index in [1.165, 1.54) is 5.56 Å². The molecule has 0 saturated carbocycles. The number of aryl methyl sites for hydroxylation is 1. The lowest BCUT2D eigenvalue weighted by Gasteiger charge is -2.06. The zero-order chi connectivity index (χ0) is 11.3. The summed E-state index contributed by atoms with van der Waals surface area (Å²) in [5.41, 5.74) is 2.20. The van der Waals surface area contributed by atoms with Gasteiger partial charge in [-0.25, -0.2) is 0 Å². The van der Waals surface area contributed by atoms with Crippen molar-refractivity contribution in [2.45, 2.75) is 26.7 Å². The Balaban J connectivity index is 2.58. The van der Waals surface area contributed by atoms with Crippen LogP contribution in [0.3, 0.4) is 0 Å². The molecule has 80 valence electrons. The average molecular weight is 204 g/mol. The van der Waals surface area contributed by atoms with Gasteiger partial charge in [0.1, 0.15) is 12.1 Å². The minimum absolute atomic E-state index is 0.131.